The standard InChI is InChI=1S/C11H15ClN2O3/c1-6-8(3-4-10(12)14-6)11(17)9(16)5-13-7(2)15/h3-4,9,11,16-17H,5H2,1-2H3,(H,13,15). The lowest BCUT2D eigenvalue weighted by Crippen LogP contribution is -2.34. The van der Waals surface area contributed by atoms with E-state index in [1.54, 1.807) is 13.0 Å². The molecule has 2 unspecified atom stereocenters. The second kappa shape index (κ2) is 5.95. The van der Waals surface area contributed by atoms with Crippen LogP contribution in [-0.2, 0) is 4.79 Å². The fourth-order valence-corrected chi connectivity index (χ4v) is 1.61. The van der Waals surface area contributed by atoms with Gasteiger partial charge >= 0.3 is 0 Å². The van der Waals surface area contributed by atoms with Crippen LogP contribution in [0.15, 0.2) is 12.1 Å². The molecule has 0 spiro atoms. The third kappa shape index (κ3) is 3.96. The zero-order valence-electron chi connectivity index (χ0n) is 9.64. The number of hydrogen-bond donors (Lipinski definition) is 3. The van der Waals surface area contributed by atoms with E-state index in [1.165, 1.54) is 13.0 Å². The third-order valence-electron chi connectivity index (χ3n) is 2.34. The molecule has 1 aromatic rings. The van der Waals surface area contributed by atoms with Gasteiger partial charge in [0.05, 0.1) is 0 Å². The van der Waals surface area contributed by atoms with Gasteiger partial charge in [0.2, 0.25) is 5.91 Å². The molecule has 0 radical (unpaired) electrons. The zero-order chi connectivity index (χ0) is 13.0. The molecule has 0 aliphatic carbocycles. The second-order valence-corrected chi connectivity index (χ2v) is 4.15. The molecule has 0 bridgehead atoms. The number of nitrogens with one attached hydrogen (secondary N) is 1. The molecule has 6 heteroatoms. The molecule has 0 fully saturated rings. The van der Waals surface area contributed by atoms with E-state index in [9.17, 15) is 15.0 Å². The number of carbonyl (C=O) groups is 1. The topological polar surface area (TPSA) is 82.5 Å². The number of rotatable bonds is 4. The van der Waals surface area contributed by atoms with Crippen LogP contribution < -0.4 is 5.32 Å². The maximum Gasteiger partial charge on any atom is 0.216 e. The number of aryl methyl sites for hydroxylation is 1. The van der Waals surface area contributed by atoms with Crippen LogP contribution in [0.2, 0.25) is 5.15 Å². The van der Waals surface area contributed by atoms with Crippen molar-refractivity contribution in [3.05, 3.63) is 28.5 Å². The highest BCUT2D eigenvalue weighted by atomic mass is 35.5. The number of carbonyl (C=O) groups excluding carboxylic acids is 1. The number of aliphatic hydroxyl groups is 2. The minimum Gasteiger partial charge on any atom is -0.388 e. The van der Waals surface area contributed by atoms with Crippen molar-refractivity contribution in [3.63, 3.8) is 0 Å². The molecule has 2 atom stereocenters. The van der Waals surface area contributed by atoms with Crippen molar-refractivity contribution < 1.29 is 15.0 Å². The van der Waals surface area contributed by atoms with Gasteiger partial charge in [-0.05, 0) is 13.0 Å². The Labute approximate surface area is 104 Å². The van der Waals surface area contributed by atoms with Crippen LogP contribution in [-0.4, -0.2) is 33.8 Å². The van der Waals surface area contributed by atoms with E-state index in [2.05, 4.69) is 10.3 Å². The van der Waals surface area contributed by atoms with E-state index in [0.717, 1.165) is 0 Å². The summed E-state index contributed by atoms with van der Waals surface area (Å²) in [4.78, 5) is 14.7. The van der Waals surface area contributed by atoms with Gasteiger partial charge in [-0.2, -0.15) is 0 Å². The molecule has 0 saturated carbocycles. The summed E-state index contributed by atoms with van der Waals surface area (Å²) in [6.45, 7) is 3.02. The van der Waals surface area contributed by atoms with Crippen LogP contribution in [0.3, 0.4) is 0 Å². The number of nitrogens with zero attached hydrogens (tertiary/aromatic N) is 1. The van der Waals surface area contributed by atoms with Gasteiger partial charge in [-0.3, -0.25) is 4.79 Å². The first-order valence-corrected chi connectivity index (χ1v) is 5.53. The highest BCUT2D eigenvalue weighted by Crippen LogP contribution is 2.21. The van der Waals surface area contributed by atoms with E-state index in [-0.39, 0.29) is 12.5 Å². The predicted molar refractivity (Wildman–Crippen MR) is 63.6 cm³/mol. The highest BCUT2D eigenvalue weighted by molar-refractivity contribution is 6.29. The van der Waals surface area contributed by atoms with Gasteiger partial charge in [-0.1, -0.05) is 17.7 Å². The van der Waals surface area contributed by atoms with E-state index in [4.69, 9.17) is 11.6 Å². The van der Waals surface area contributed by atoms with E-state index >= 15 is 0 Å². The minimum absolute atomic E-state index is 0.0153. The number of hydrogen-bond acceptors (Lipinski definition) is 4. The lowest BCUT2D eigenvalue weighted by atomic mass is 10.0. The minimum atomic E-state index is -1.10. The highest BCUT2D eigenvalue weighted by Gasteiger charge is 2.20. The van der Waals surface area contributed by atoms with Crippen molar-refractivity contribution in [2.45, 2.75) is 26.1 Å². The monoisotopic (exact) mass is 258 g/mol. The number of aliphatic hydroxyl groups excluding tert-OH is 2. The number of amides is 1. The molecular formula is C11H15ClN2O3. The Balaban J connectivity index is 2.74. The molecule has 0 aliphatic rings. The molecule has 0 saturated heterocycles. The van der Waals surface area contributed by atoms with Gasteiger partial charge in [0.1, 0.15) is 17.4 Å². The number of halogens is 1. The molecule has 94 valence electrons. The van der Waals surface area contributed by atoms with Crippen molar-refractivity contribution in [3.8, 4) is 0 Å². The fourth-order valence-electron chi connectivity index (χ4n) is 1.42. The van der Waals surface area contributed by atoms with Crippen LogP contribution >= 0.6 is 11.6 Å². The molecular weight excluding hydrogens is 244 g/mol. The summed E-state index contributed by atoms with van der Waals surface area (Å²) < 4.78 is 0. The molecule has 5 nitrogen and oxygen atoms in total. The fraction of sp³-hybridized carbons (Fsp3) is 0.455. The molecule has 1 heterocycles. The van der Waals surface area contributed by atoms with Crippen molar-refractivity contribution in [2.24, 2.45) is 0 Å². The van der Waals surface area contributed by atoms with Gasteiger partial charge in [0.15, 0.2) is 0 Å². The Kier molecular flexibility index (Phi) is 4.86. The predicted octanol–water partition coefficient (Wildman–Crippen LogP) is 0.574. The Morgan fingerprint density at radius 3 is 2.71 bits per heavy atom. The lowest BCUT2D eigenvalue weighted by molar-refractivity contribution is -0.119. The SMILES string of the molecule is CC(=O)NCC(O)C(O)c1ccc(Cl)nc1C. The van der Waals surface area contributed by atoms with Gasteiger partial charge in [-0.15, -0.1) is 0 Å². The average molecular weight is 259 g/mol. The smallest absolute Gasteiger partial charge is 0.216 e. The van der Waals surface area contributed by atoms with Crippen LogP contribution in [0.25, 0.3) is 0 Å². The van der Waals surface area contributed by atoms with E-state index < -0.39 is 12.2 Å². The number of aromatic nitrogens is 1. The van der Waals surface area contributed by atoms with Crippen molar-refractivity contribution >= 4 is 17.5 Å². The van der Waals surface area contributed by atoms with E-state index in [0.29, 0.717) is 16.4 Å². The maximum atomic E-state index is 10.7. The molecule has 0 aliphatic heterocycles. The summed E-state index contributed by atoms with van der Waals surface area (Å²) in [5.74, 6) is -0.262. The Morgan fingerprint density at radius 2 is 2.18 bits per heavy atom. The van der Waals surface area contributed by atoms with Crippen LogP contribution in [0, 0.1) is 6.92 Å². The largest absolute Gasteiger partial charge is 0.388 e. The Morgan fingerprint density at radius 1 is 1.53 bits per heavy atom. The Hall–Kier alpha value is -1.17. The molecule has 1 aromatic heterocycles. The summed E-state index contributed by atoms with van der Waals surface area (Å²) in [6, 6.07) is 3.14. The van der Waals surface area contributed by atoms with Gasteiger partial charge in [-0.25, -0.2) is 4.98 Å². The summed E-state index contributed by atoms with van der Waals surface area (Å²) in [5, 5.41) is 22.3. The molecule has 1 amide bonds. The lowest BCUT2D eigenvalue weighted by Gasteiger charge is -2.19. The molecule has 17 heavy (non-hydrogen) atoms. The normalized spacial score (nSPS) is 14.2. The summed E-state index contributed by atoms with van der Waals surface area (Å²) >= 11 is 5.69. The zero-order valence-corrected chi connectivity index (χ0v) is 10.4. The quantitative estimate of drug-likeness (QED) is 0.690. The van der Waals surface area contributed by atoms with Crippen molar-refractivity contribution in [1.29, 1.82) is 0 Å². The van der Waals surface area contributed by atoms with Crippen LogP contribution in [0.1, 0.15) is 24.3 Å². The summed E-state index contributed by atoms with van der Waals surface area (Å²) in [5.41, 5.74) is 1.04. The van der Waals surface area contributed by atoms with Gasteiger partial charge in [0.25, 0.3) is 0 Å². The van der Waals surface area contributed by atoms with Crippen LogP contribution in [0.5, 0.6) is 0 Å². The van der Waals surface area contributed by atoms with Gasteiger partial charge in [0, 0.05) is 24.7 Å². The van der Waals surface area contributed by atoms with Crippen LogP contribution in [0.4, 0.5) is 0 Å². The first kappa shape index (κ1) is 13.9. The first-order valence-electron chi connectivity index (χ1n) is 5.15. The summed E-state index contributed by atoms with van der Waals surface area (Å²) in [6.07, 6.45) is -2.19. The summed E-state index contributed by atoms with van der Waals surface area (Å²) in [7, 11) is 0. The number of pyridine rings is 1. The second-order valence-electron chi connectivity index (χ2n) is 3.76. The van der Waals surface area contributed by atoms with Crippen molar-refractivity contribution in [1.82, 2.24) is 10.3 Å². The molecule has 1 rings (SSSR count). The molecule has 0 aromatic carbocycles. The third-order valence-corrected chi connectivity index (χ3v) is 2.55. The Bertz CT molecular complexity index is 412. The molecule has 3 N–H and O–H groups in total. The average Bonchev–Trinajstić information content (AvgIpc) is 2.25. The van der Waals surface area contributed by atoms with E-state index in [1.807, 2.05) is 0 Å². The first-order chi connectivity index (χ1) is 7.91. The maximum absolute atomic E-state index is 10.7. The van der Waals surface area contributed by atoms with Crippen molar-refractivity contribution in [2.75, 3.05) is 6.54 Å². The van der Waals surface area contributed by atoms with Gasteiger partial charge < -0.3 is 15.5 Å².